The second kappa shape index (κ2) is 11.7. The molecule has 1 N–H and O–H groups in total. The summed E-state index contributed by atoms with van der Waals surface area (Å²) in [6, 6.07) is 12.3. The minimum Gasteiger partial charge on any atom is -0.352 e. The predicted octanol–water partition coefficient (Wildman–Crippen LogP) is 5.06. The van der Waals surface area contributed by atoms with E-state index in [0.717, 1.165) is 64.3 Å². The summed E-state index contributed by atoms with van der Waals surface area (Å²) in [4.78, 5) is 26.0. The third-order valence-electron chi connectivity index (χ3n) is 6.10. The van der Waals surface area contributed by atoms with Crippen LogP contribution >= 0.6 is 0 Å². The summed E-state index contributed by atoms with van der Waals surface area (Å²) >= 11 is 0. The number of amides is 1. The number of aryl methyl sites for hydroxylation is 2. The molecule has 0 saturated heterocycles. The standard InChI is InChI=1S/C26H36N2O2/c1-2-3-19-28-24-17-10-5-4-9-16-22(24)20-23(26(28)30)25(29)27-18-12-11-15-21-13-7-6-8-14-21/h6-8,13-14,20H,2-5,9-12,15-19H2,1H3,(H,27,29). The van der Waals surface area contributed by atoms with E-state index in [9.17, 15) is 9.59 Å². The summed E-state index contributed by atoms with van der Waals surface area (Å²) < 4.78 is 1.91. The van der Waals surface area contributed by atoms with Crippen LogP contribution in [0.2, 0.25) is 0 Å². The highest BCUT2D eigenvalue weighted by Gasteiger charge is 2.19. The van der Waals surface area contributed by atoms with Gasteiger partial charge in [-0.1, -0.05) is 56.5 Å². The van der Waals surface area contributed by atoms with E-state index in [-0.39, 0.29) is 11.5 Å². The molecule has 162 valence electrons. The maximum absolute atomic E-state index is 13.2. The molecule has 1 heterocycles. The topological polar surface area (TPSA) is 51.1 Å². The van der Waals surface area contributed by atoms with Gasteiger partial charge in [0.2, 0.25) is 0 Å². The van der Waals surface area contributed by atoms with Gasteiger partial charge in [0.05, 0.1) is 0 Å². The van der Waals surface area contributed by atoms with Gasteiger partial charge in [-0.15, -0.1) is 0 Å². The molecule has 0 bridgehead atoms. The van der Waals surface area contributed by atoms with Gasteiger partial charge in [-0.2, -0.15) is 0 Å². The fourth-order valence-electron chi connectivity index (χ4n) is 4.35. The van der Waals surface area contributed by atoms with E-state index < -0.39 is 0 Å². The first-order valence-electron chi connectivity index (χ1n) is 11.8. The number of nitrogens with zero attached hydrogens (tertiary/aromatic N) is 1. The second-order valence-electron chi connectivity index (χ2n) is 8.45. The first-order chi connectivity index (χ1) is 14.7. The highest BCUT2D eigenvalue weighted by molar-refractivity contribution is 5.94. The Labute approximate surface area is 180 Å². The minimum absolute atomic E-state index is 0.107. The molecule has 4 heteroatoms. The lowest BCUT2D eigenvalue weighted by atomic mass is 9.95. The van der Waals surface area contributed by atoms with Gasteiger partial charge in [0.25, 0.3) is 11.5 Å². The largest absolute Gasteiger partial charge is 0.352 e. The highest BCUT2D eigenvalue weighted by atomic mass is 16.2. The zero-order chi connectivity index (χ0) is 21.2. The number of pyridine rings is 1. The van der Waals surface area contributed by atoms with Crippen molar-refractivity contribution in [2.45, 2.75) is 84.1 Å². The lowest BCUT2D eigenvalue weighted by Crippen LogP contribution is -2.36. The van der Waals surface area contributed by atoms with E-state index in [1.54, 1.807) is 0 Å². The number of rotatable bonds is 9. The molecule has 0 atom stereocenters. The summed E-state index contributed by atoms with van der Waals surface area (Å²) in [7, 11) is 0. The summed E-state index contributed by atoms with van der Waals surface area (Å²) in [6.07, 6.45) is 11.6. The molecule has 0 saturated carbocycles. The lowest BCUT2D eigenvalue weighted by molar-refractivity contribution is 0.0950. The van der Waals surface area contributed by atoms with Crippen LogP contribution < -0.4 is 10.9 Å². The van der Waals surface area contributed by atoms with Gasteiger partial charge in [0.15, 0.2) is 0 Å². The SMILES string of the molecule is CCCCn1c2c(cc(C(=O)NCCCCc3ccccc3)c1=O)CCCCCC2. The molecule has 0 aliphatic heterocycles. The van der Waals surface area contributed by atoms with Gasteiger partial charge in [-0.3, -0.25) is 9.59 Å². The Balaban J connectivity index is 1.66. The van der Waals surface area contributed by atoms with E-state index in [1.165, 1.54) is 29.7 Å². The predicted molar refractivity (Wildman–Crippen MR) is 123 cm³/mol. The van der Waals surface area contributed by atoms with Crippen molar-refractivity contribution in [3.8, 4) is 0 Å². The normalized spacial score (nSPS) is 13.9. The van der Waals surface area contributed by atoms with Crippen molar-refractivity contribution in [3.63, 3.8) is 0 Å². The molecule has 0 fully saturated rings. The van der Waals surface area contributed by atoms with E-state index in [4.69, 9.17) is 0 Å². The molecule has 2 aromatic rings. The summed E-state index contributed by atoms with van der Waals surface area (Å²) in [5, 5.41) is 2.99. The van der Waals surface area contributed by atoms with E-state index in [1.807, 2.05) is 16.7 Å². The van der Waals surface area contributed by atoms with Crippen molar-refractivity contribution in [1.29, 1.82) is 0 Å². The number of carbonyl (C=O) groups excluding carboxylic acids is 1. The average molecular weight is 409 g/mol. The molecule has 0 unspecified atom stereocenters. The van der Waals surface area contributed by atoms with Crippen LogP contribution in [0.15, 0.2) is 41.2 Å². The third-order valence-corrected chi connectivity index (χ3v) is 6.10. The van der Waals surface area contributed by atoms with Crippen molar-refractivity contribution in [1.82, 2.24) is 9.88 Å². The third kappa shape index (κ3) is 6.07. The van der Waals surface area contributed by atoms with Crippen molar-refractivity contribution in [2.75, 3.05) is 6.54 Å². The molecule has 1 amide bonds. The maximum atomic E-state index is 13.2. The second-order valence-corrected chi connectivity index (χ2v) is 8.45. The Morgan fingerprint density at radius 2 is 1.77 bits per heavy atom. The molecular weight excluding hydrogens is 372 g/mol. The van der Waals surface area contributed by atoms with Crippen LogP contribution in [0.1, 0.15) is 85.5 Å². The Kier molecular flexibility index (Phi) is 8.73. The number of aromatic nitrogens is 1. The minimum atomic E-state index is -0.213. The number of unbranched alkanes of at least 4 members (excludes halogenated alkanes) is 2. The van der Waals surface area contributed by atoms with Crippen LogP contribution in [-0.4, -0.2) is 17.0 Å². The number of fused-ring (bicyclic) bond motifs is 1. The van der Waals surface area contributed by atoms with E-state index >= 15 is 0 Å². The smallest absolute Gasteiger partial charge is 0.263 e. The zero-order valence-electron chi connectivity index (χ0n) is 18.4. The summed E-state index contributed by atoms with van der Waals surface area (Å²) in [5.41, 5.74) is 3.93. The number of hydrogen-bond acceptors (Lipinski definition) is 2. The Morgan fingerprint density at radius 3 is 2.53 bits per heavy atom. The van der Waals surface area contributed by atoms with Crippen LogP contribution in [0, 0.1) is 0 Å². The highest BCUT2D eigenvalue weighted by Crippen LogP contribution is 2.20. The summed E-state index contributed by atoms with van der Waals surface area (Å²) in [5.74, 6) is -0.213. The monoisotopic (exact) mass is 408 g/mol. The van der Waals surface area contributed by atoms with Crippen molar-refractivity contribution < 1.29 is 4.79 Å². The first kappa shape index (κ1) is 22.3. The van der Waals surface area contributed by atoms with Gasteiger partial charge >= 0.3 is 0 Å². The van der Waals surface area contributed by atoms with E-state index in [0.29, 0.717) is 12.1 Å². The maximum Gasteiger partial charge on any atom is 0.263 e. The number of hydrogen-bond donors (Lipinski definition) is 1. The molecule has 0 spiro atoms. The number of benzene rings is 1. The average Bonchev–Trinajstić information content (AvgIpc) is 2.74. The number of carbonyl (C=O) groups is 1. The number of nitrogens with one attached hydrogen (secondary N) is 1. The van der Waals surface area contributed by atoms with Crippen molar-refractivity contribution >= 4 is 5.91 Å². The molecule has 1 aromatic heterocycles. The lowest BCUT2D eigenvalue weighted by Gasteiger charge is -2.21. The van der Waals surface area contributed by atoms with Crippen LogP contribution in [-0.2, 0) is 25.8 Å². The van der Waals surface area contributed by atoms with Crippen LogP contribution in [0.3, 0.4) is 0 Å². The van der Waals surface area contributed by atoms with Crippen LogP contribution in [0.4, 0.5) is 0 Å². The molecule has 4 nitrogen and oxygen atoms in total. The van der Waals surface area contributed by atoms with Gasteiger partial charge in [0, 0.05) is 18.8 Å². The van der Waals surface area contributed by atoms with Gasteiger partial charge in [-0.05, 0) is 68.6 Å². The van der Waals surface area contributed by atoms with Crippen molar-refractivity contribution in [2.24, 2.45) is 0 Å². The zero-order valence-corrected chi connectivity index (χ0v) is 18.4. The molecule has 1 aliphatic carbocycles. The fourth-order valence-corrected chi connectivity index (χ4v) is 4.35. The van der Waals surface area contributed by atoms with Gasteiger partial charge < -0.3 is 9.88 Å². The Bertz CT molecular complexity index is 871. The van der Waals surface area contributed by atoms with Crippen LogP contribution in [0.25, 0.3) is 0 Å². The van der Waals surface area contributed by atoms with Gasteiger partial charge in [0.1, 0.15) is 5.56 Å². The Morgan fingerprint density at radius 1 is 1.00 bits per heavy atom. The van der Waals surface area contributed by atoms with Crippen molar-refractivity contribution in [3.05, 3.63) is 69.1 Å². The van der Waals surface area contributed by atoms with E-state index in [2.05, 4.69) is 36.5 Å². The molecule has 0 radical (unpaired) electrons. The summed E-state index contributed by atoms with van der Waals surface area (Å²) in [6.45, 7) is 3.47. The first-order valence-corrected chi connectivity index (χ1v) is 11.8. The molecule has 1 aliphatic rings. The molecule has 3 rings (SSSR count). The molecular formula is C26H36N2O2. The fraction of sp³-hybridized carbons (Fsp3) is 0.538. The molecule has 1 aromatic carbocycles. The van der Waals surface area contributed by atoms with Crippen LogP contribution in [0.5, 0.6) is 0 Å². The Hall–Kier alpha value is -2.36. The quantitative estimate of drug-likeness (QED) is 0.590. The van der Waals surface area contributed by atoms with Gasteiger partial charge in [-0.25, -0.2) is 0 Å². The molecule has 30 heavy (non-hydrogen) atoms.